The maximum absolute atomic E-state index is 12.9. The fraction of sp³-hybridized carbons (Fsp3) is 0. The summed E-state index contributed by atoms with van der Waals surface area (Å²) in [5.74, 6) is -1.31. The molecule has 1 aliphatic heterocycles. The molecular weight excluding hydrogens is 377 g/mol. The zero-order valence-corrected chi connectivity index (χ0v) is 14.2. The van der Waals surface area contributed by atoms with Crippen LogP contribution in [0.1, 0.15) is 11.4 Å². The van der Waals surface area contributed by atoms with Crippen molar-refractivity contribution in [2.24, 2.45) is 0 Å². The second-order valence-corrected chi connectivity index (χ2v) is 6.83. The number of aromatic nitrogens is 2. The molecule has 1 aromatic heterocycles. The van der Waals surface area contributed by atoms with Crippen LogP contribution in [-0.4, -0.2) is 15.9 Å². The molecule has 0 N–H and O–H groups in total. The summed E-state index contributed by atoms with van der Waals surface area (Å²) in [7, 11) is 0. The number of esters is 1. The highest BCUT2D eigenvalue weighted by Gasteiger charge is 2.29. The molecule has 0 fully saturated rings. The van der Waals surface area contributed by atoms with Gasteiger partial charge in [-0.25, -0.2) is 19.2 Å². The smallest absolute Gasteiger partial charge is 0.356 e. The van der Waals surface area contributed by atoms with Gasteiger partial charge in [-0.2, -0.15) is 15.8 Å². The number of hydrogen-bond donors (Lipinski definition) is 0. The van der Waals surface area contributed by atoms with Crippen LogP contribution in [-0.2, 0) is 4.79 Å². The van der Waals surface area contributed by atoms with Crippen molar-refractivity contribution in [1.82, 2.24) is 9.97 Å². The van der Waals surface area contributed by atoms with Crippen LogP contribution in [0.4, 0.5) is 4.39 Å². The van der Waals surface area contributed by atoms with E-state index < -0.39 is 11.8 Å². The molecule has 0 unspecified atom stereocenters. The number of carbonyl (C=O) groups excluding carboxylic acids is 1. The van der Waals surface area contributed by atoms with Crippen LogP contribution in [0.25, 0.3) is 0 Å². The van der Waals surface area contributed by atoms with Gasteiger partial charge < -0.3 is 4.74 Å². The quantitative estimate of drug-likeness (QED) is 0.334. The summed E-state index contributed by atoms with van der Waals surface area (Å²) >= 11 is 1.97. The number of rotatable bonds is 2. The summed E-state index contributed by atoms with van der Waals surface area (Å²) in [4.78, 5) is 20.3. The third-order valence-electron chi connectivity index (χ3n) is 2.97. The molecule has 10 heteroatoms. The number of thioether (sulfide) groups is 2. The number of nitriles is 3. The molecule has 0 spiro atoms. The molecule has 0 aliphatic carbocycles. The van der Waals surface area contributed by atoms with Crippen LogP contribution in [0.3, 0.4) is 0 Å². The Balaban J connectivity index is 1.90. The molecular formula is C16H4FN5O2S2. The largest absolute Gasteiger partial charge is 0.422 e. The summed E-state index contributed by atoms with van der Waals surface area (Å²) in [6.45, 7) is 0. The molecule has 26 heavy (non-hydrogen) atoms. The Morgan fingerprint density at radius 2 is 1.54 bits per heavy atom. The zero-order chi connectivity index (χ0) is 18.7. The Morgan fingerprint density at radius 1 is 1.00 bits per heavy atom. The van der Waals surface area contributed by atoms with Gasteiger partial charge in [0.05, 0.1) is 4.24 Å². The number of fused-ring (bicyclic) bond motifs is 1. The van der Waals surface area contributed by atoms with E-state index in [0.717, 1.165) is 35.7 Å². The van der Waals surface area contributed by atoms with Crippen LogP contribution in [0.2, 0.25) is 0 Å². The molecule has 3 rings (SSSR count). The second kappa shape index (κ2) is 7.24. The first-order chi connectivity index (χ1) is 12.5. The minimum atomic E-state index is -0.914. The van der Waals surface area contributed by atoms with E-state index in [9.17, 15) is 14.4 Å². The van der Waals surface area contributed by atoms with Crippen LogP contribution >= 0.6 is 23.5 Å². The third kappa shape index (κ3) is 3.35. The Hall–Kier alpha value is -3.39. The highest BCUT2D eigenvalue weighted by Crippen LogP contribution is 2.50. The Morgan fingerprint density at radius 3 is 2.00 bits per heavy atom. The van der Waals surface area contributed by atoms with E-state index in [2.05, 4.69) is 9.97 Å². The average molecular weight is 381 g/mol. The molecule has 0 radical (unpaired) electrons. The Bertz CT molecular complexity index is 1030. The average Bonchev–Trinajstić information content (AvgIpc) is 3.05. The Labute approximate surface area is 154 Å². The fourth-order valence-electron chi connectivity index (χ4n) is 1.83. The van der Waals surface area contributed by atoms with Crippen molar-refractivity contribution in [2.75, 3.05) is 0 Å². The van der Waals surface area contributed by atoms with Gasteiger partial charge in [0.25, 0.3) is 0 Å². The molecule has 0 amide bonds. The number of halogens is 1. The van der Waals surface area contributed by atoms with Crippen molar-refractivity contribution >= 4 is 29.5 Å². The normalized spacial score (nSPS) is 11.7. The minimum absolute atomic E-state index is 0.0880. The molecule has 0 bridgehead atoms. The molecule has 0 saturated heterocycles. The molecule has 2 aromatic rings. The number of carbonyl (C=O) groups is 1. The second-order valence-electron chi connectivity index (χ2n) is 4.58. The lowest BCUT2D eigenvalue weighted by molar-refractivity contribution is -0.129. The topological polar surface area (TPSA) is 123 Å². The first-order valence-electron chi connectivity index (χ1n) is 6.75. The van der Waals surface area contributed by atoms with Crippen molar-refractivity contribution in [2.45, 2.75) is 10.1 Å². The number of hydrogen-bond acceptors (Lipinski definition) is 9. The van der Waals surface area contributed by atoms with Crippen LogP contribution < -0.4 is 4.74 Å². The van der Waals surface area contributed by atoms with Crippen LogP contribution in [0, 0.1) is 39.8 Å². The lowest BCUT2D eigenvalue weighted by Crippen LogP contribution is -2.11. The molecule has 0 atom stereocenters. The third-order valence-corrected chi connectivity index (χ3v) is 5.33. The van der Waals surface area contributed by atoms with Gasteiger partial charge in [-0.15, -0.1) is 0 Å². The first kappa shape index (κ1) is 17.4. The summed E-state index contributed by atoms with van der Waals surface area (Å²) in [5, 5.41) is 27.9. The molecule has 7 nitrogen and oxygen atoms in total. The van der Waals surface area contributed by atoms with Crippen molar-refractivity contribution in [1.29, 1.82) is 15.8 Å². The lowest BCUT2D eigenvalue weighted by atomic mass is 10.3. The molecule has 124 valence electrons. The lowest BCUT2D eigenvalue weighted by Gasteiger charge is -2.04. The highest BCUT2D eigenvalue weighted by atomic mass is 32.2. The van der Waals surface area contributed by atoms with Crippen molar-refractivity contribution in [3.8, 4) is 24.0 Å². The first-order valence-corrected chi connectivity index (χ1v) is 8.39. The summed E-state index contributed by atoms with van der Waals surface area (Å²) in [6, 6.07) is 10.1. The fourth-order valence-corrected chi connectivity index (χ4v) is 4.07. The van der Waals surface area contributed by atoms with Gasteiger partial charge in [0.2, 0.25) is 0 Å². The van der Waals surface area contributed by atoms with Gasteiger partial charge in [-0.05, 0) is 24.3 Å². The van der Waals surface area contributed by atoms with Crippen LogP contribution in [0.15, 0.2) is 44.1 Å². The number of benzene rings is 1. The predicted octanol–water partition coefficient (Wildman–Crippen LogP) is 2.90. The van der Waals surface area contributed by atoms with E-state index in [1.807, 2.05) is 0 Å². The maximum atomic E-state index is 12.9. The standard InChI is InChI=1S/C16H4FN5O2S2/c17-8-1-3-9(4-2-8)24-15(23)10(5-18)16-25-13-14(26-16)22-12(7-20)11(6-19)21-13/h1-4H. The van der Waals surface area contributed by atoms with Crippen molar-refractivity contribution in [3.05, 3.63) is 51.3 Å². The van der Waals surface area contributed by atoms with Gasteiger partial charge in [0, 0.05) is 0 Å². The van der Waals surface area contributed by atoms with E-state index in [-0.39, 0.29) is 26.9 Å². The van der Waals surface area contributed by atoms with Gasteiger partial charge in [-0.3, -0.25) is 0 Å². The van der Waals surface area contributed by atoms with Gasteiger partial charge in [0.1, 0.15) is 39.8 Å². The van der Waals surface area contributed by atoms with E-state index in [1.165, 1.54) is 12.1 Å². The van der Waals surface area contributed by atoms with E-state index >= 15 is 0 Å². The monoisotopic (exact) mass is 381 g/mol. The van der Waals surface area contributed by atoms with E-state index in [4.69, 9.17) is 15.3 Å². The molecule has 0 saturated carbocycles. The van der Waals surface area contributed by atoms with E-state index in [1.54, 1.807) is 18.2 Å². The molecule has 2 heterocycles. The summed E-state index contributed by atoms with van der Waals surface area (Å²) in [6.07, 6.45) is 0. The predicted molar refractivity (Wildman–Crippen MR) is 87.9 cm³/mol. The molecule has 1 aromatic carbocycles. The summed E-state index contributed by atoms with van der Waals surface area (Å²) in [5.41, 5.74) is -0.540. The molecule has 1 aliphatic rings. The van der Waals surface area contributed by atoms with Gasteiger partial charge >= 0.3 is 5.97 Å². The SMILES string of the molecule is N#CC(C(=O)Oc1ccc(F)cc1)=C1Sc2nc(C#N)c(C#N)nc2S1. The van der Waals surface area contributed by atoms with Crippen molar-refractivity contribution < 1.29 is 13.9 Å². The maximum Gasteiger partial charge on any atom is 0.356 e. The van der Waals surface area contributed by atoms with Crippen LogP contribution in [0.5, 0.6) is 5.75 Å². The Kier molecular flexibility index (Phi) is 4.85. The highest BCUT2D eigenvalue weighted by molar-refractivity contribution is 8.24. The van der Waals surface area contributed by atoms with Gasteiger partial charge in [0.15, 0.2) is 17.0 Å². The van der Waals surface area contributed by atoms with Crippen molar-refractivity contribution in [3.63, 3.8) is 0 Å². The number of nitrogens with zero attached hydrogens (tertiary/aromatic N) is 5. The summed E-state index contributed by atoms with van der Waals surface area (Å²) < 4.78 is 18.2. The number of ether oxygens (including phenoxy) is 1. The van der Waals surface area contributed by atoms with Gasteiger partial charge in [-0.1, -0.05) is 23.5 Å². The minimum Gasteiger partial charge on any atom is -0.422 e. The van der Waals surface area contributed by atoms with E-state index in [0.29, 0.717) is 10.1 Å². The zero-order valence-electron chi connectivity index (χ0n) is 12.6.